The predicted molar refractivity (Wildman–Crippen MR) is 130 cm³/mol. The topological polar surface area (TPSA) is 35.9 Å². The molecule has 2 aliphatic heterocycles. The van der Waals surface area contributed by atoms with Crippen LogP contribution in [0.5, 0.6) is 0 Å². The van der Waals surface area contributed by atoms with E-state index < -0.39 is 5.60 Å². The number of likely N-dealkylation sites (tertiary alicyclic amines) is 1. The quantitative estimate of drug-likeness (QED) is 0.638. The number of piperidine rings is 1. The maximum absolute atomic E-state index is 9.83. The Labute approximate surface area is 195 Å². The van der Waals surface area contributed by atoms with Crippen molar-refractivity contribution in [2.75, 3.05) is 32.8 Å². The molecule has 1 aromatic rings. The number of hydrogen-bond donors (Lipinski definition) is 1. The number of aliphatic hydroxyl groups is 1. The van der Waals surface area contributed by atoms with Crippen LogP contribution < -0.4 is 0 Å². The molecule has 1 N–H and O–H groups in total. The third kappa shape index (κ3) is 7.32. The van der Waals surface area contributed by atoms with E-state index in [4.69, 9.17) is 4.74 Å². The van der Waals surface area contributed by atoms with Crippen LogP contribution in [-0.4, -0.2) is 65.4 Å². The highest BCUT2D eigenvalue weighted by atomic mass is 16.5. The first-order valence-electron chi connectivity index (χ1n) is 12.9. The summed E-state index contributed by atoms with van der Waals surface area (Å²) in [4.78, 5) is 5.42. The summed E-state index contributed by atoms with van der Waals surface area (Å²) in [5.74, 6) is 6.77. The molecule has 0 radical (unpaired) electrons. The summed E-state index contributed by atoms with van der Waals surface area (Å²) < 4.78 is 5.99. The lowest BCUT2D eigenvalue weighted by Crippen LogP contribution is -2.43. The fraction of sp³-hybridized carbons (Fsp3) is 0.714. The molecule has 0 spiro atoms. The molecule has 1 aromatic carbocycles. The highest BCUT2D eigenvalue weighted by molar-refractivity contribution is 5.37. The zero-order chi connectivity index (χ0) is 22.4. The highest BCUT2D eigenvalue weighted by Crippen LogP contribution is 2.28. The molecule has 1 aliphatic carbocycles. The van der Waals surface area contributed by atoms with Crippen LogP contribution in [0.2, 0.25) is 0 Å². The van der Waals surface area contributed by atoms with E-state index in [0.717, 1.165) is 37.2 Å². The van der Waals surface area contributed by atoms with Crippen molar-refractivity contribution in [1.29, 1.82) is 0 Å². The summed E-state index contributed by atoms with van der Waals surface area (Å²) in [5.41, 5.74) is 1.34. The maximum Gasteiger partial charge on any atom is 0.120 e. The van der Waals surface area contributed by atoms with E-state index in [2.05, 4.69) is 45.9 Å². The van der Waals surface area contributed by atoms with Gasteiger partial charge in [-0.05, 0) is 89.1 Å². The van der Waals surface area contributed by atoms with E-state index in [1.54, 1.807) is 13.8 Å². The second-order valence-corrected chi connectivity index (χ2v) is 10.8. The lowest BCUT2D eigenvalue weighted by molar-refractivity contribution is 0.0540. The van der Waals surface area contributed by atoms with Crippen LogP contribution in [0.1, 0.15) is 76.3 Å². The standard InChI is InChI=1S/C28H42N2O2/c1-28(2,31)16-13-23-9-11-24(12-10-23)20-29(22-27-8-5-19-32-27)21-25-14-17-30(18-15-25)26-6-3-4-7-26/h9-12,25-27,31H,3-8,14-15,17-22H2,1-2H3/t27-/m0/s1. The third-order valence-corrected chi connectivity index (χ3v) is 7.37. The summed E-state index contributed by atoms with van der Waals surface area (Å²) in [6.45, 7) is 10.1. The molecule has 176 valence electrons. The van der Waals surface area contributed by atoms with E-state index >= 15 is 0 Å². The smallest absolute Gasteiger partial charge is 0.120 e. The van der Waals surface area contributed by atoms with Crippen molar-refractivity contribution >= 4 is 0 Å². The minimum Gasteiger partial charge on any atom is -0.378 e. The molecule has 3 fully saturated rings. The molecule has 0 amide bonds. The SMILES string of the molecule is CC(C)(O)C#Cc1ccc(CN(CC2CCN(C3CCCC3)CC2)C[C@@H]2CCCO2)cc1. The lowest BCUT2D eigenvalue weighted by Gasteiger charge is -2.38. The van der Waals surface area contributed by atoms with E-state index in [9.17, 15) is 5.11 Å². The van der Waals surface area contributed by atoms with Crippen molar-refractivity contribution in [3.8, 4) is 11.8 Å². The Balaban J connectivity index is 1.33. The molecule has 2 heterocycles. The van der Waals surface area contributed by atoms with Gasteiger partial charge in [0, 0.05) is 37.8 Å². The molecule has 0 aromatic heterocycles. The molecule has 0 bridgehead atoms. The number of benzene rings is 1. The molecular weight excluding hydrogens is 396 g/mol. The molecule has 32 heavy (non-hydrogen) atoms. The average molecular weight is 439 g/mol. The fourth-order valence-electron chi connectivity index (χ4n) is 5.59. The molecule has 4 rings (SSSR count). The van der Waals surface area contributed by atoms with Crippen molar-refractivity contribution in [3.05, 3.63) is 35.4 Å². The van der Waals surface area contributed by atoms with Crippen LogP contribution in [0.25, 0.3) is 0 Å². The van der Waals surface area contributed by atoms with Crippen LogP contribution >= 0.6 is 0 Å². The molecule has 1 atom stereocenters. The Bertz CT molecular complexity index is 753. The van der Waals surface area contributed by atoms with E-state index in [0.29, 0.717) is 6.10 Å². The van der Waals surface area contributed by atoms with E-state index in [1.807, 2.05) is 0 Å². The van der Waals surface area contributed by atoms with Crippen LogP contribution in [0.4, 0.5) is 0 Å². The van der Waals surface area contributed by atoms with Gasteiger partial charge >= 0.3 is 0 Å². The minimum absolute atomic E-state index is 0.394. The Morgan fingerprint density at radius 2 is 1.72 bits per heavy atom. The van der Waals surface area contributed by atoms with Gasteiger partial charge in [0.25, 0.3) is 0 Å². The molecule has 4 heteroatoms. The second kappa shape index (κ2) is 11.2. The van der Waals surface area contributed by atoms with Gasteiger partial charge in [0.15, 0.2) is 0 Å². The summed E-state index contributed by atoms with van der Waals surface area (Å²) in [5, 5.41) is 9.83. The van der Waals surface area contributed by atoms with Gasteiger partial charge in [-0.3, -0.25) is 4.90 Å². The van der Waals surface area contributed by atoms with Crippen molar-refractivity contribution in [1.82, 2.24) is 9.80 Å². The third-order valence-electron chi connectivity index (χ3n) is 7.37. The van der Waals surface area contributed by atoms with Crippen LogP contribution in [0, 0.1) is 17.8 Å². The lowest BCUT2D eigenvalue weighted by atomic mass is 9.94. The van der Waals surface area contributed by atoms with Crippen molar-refractivity contribution in [3.63, 3.8) is 0 Å². The average Bonchev–Trinajstić information content (AvgIpc) is 3.48. The monoisotopic (exact) mass is 438 g/mol. The first-order valence-corrected chi connectivity index (χ1v) is 12.9. The van der Waals surface area contributed by atoms with Crippen LogP contribution in [-0.2, 0) is 11.3 Å². The Kier molecular flexibility index (Phi) is 8.29. The Morgan fingerprint density at radius 1 is 1.00 bits per heavy atom. The van der Waals surface area contributed by atoms with Gasteiger partial charge in [-0.25, -0.2) is 0 Å². The summed E-state index contributed by atoms with van der Waals surface area (Å²) in [6, 6.07) is 9.42. The van der Waals surface area contributed by atoms with Gasteiger partial charge in [-0.2, -0.15) is 0 Å². The molecule has 1 saturated carbocycles. The first-order chi connectivity index (χ1) is 15.4. The highest BCUT2D eigenvalue weighted by Gasteiger charge is 2.29. The zero-order valence-electron chi connectivity index (χ0n) is 20.2. The van der Waals surface area contributed by atoms with E-state index in [-0.39, 0.29) is 0 Å². The number of hydrogen-bond acceptors (Lipinski definition) is 4. The van der Waals surface area contributed by atoms with Crippen molar-refractivity contribution in [2.45, 2.75) is 89.5 Å². The van der Waals surface area contributed by atoms with Crippen molar-refractivity contribution < 1.29 is 9.84 Å². The van der Waals surface area contributed by atoms with Crippen LogP contribution in [0.15, 0.2) is 24.3 Å². The van der Waals surface area contributed by atoms with Gasteiger partial charge in [0.2, 0.25) is 0 Å². The van der Waals surface area contributed by atoms with Gasteiger partial charge in [0.1, 0.15) is 5.60 Å². The number of rotatable bonds is 7. The molecule has 3 aliphatic rings. The van der Waals surface area contributed by atoms with Gasteiger partial charge in [-0.15, -0.1) is 0 Å². The fourth-order valence-corrected chi connectivity index (χ4v) is 5.59. The van der Waals surface area contributed by atoms with Crippen molar-refractivity contribution in [2.24, 2.45) is 5.92 Å². The van der Waals surface area contributed by atoms with E-state index in [1.165, 1.54) is 76.6 Å². The summed E-state index contributed by atoms with van der Waals surface area (Å²) >= 11 is 0. The normalized spacial score (nSPS) is 23.6. The number of nitrogens with zero attached hydrogens (tertiary/aromatic N) is 2. The molecule has 4 nitrogen and oxygen atoms in total. The predicted octanol–water partition coefficient (Wildman–Crippen LogP) is 4.44. The Morgan fingerprint density at radius 3 is 2.34 bits per heavy atom. The molecule has 2 saturated heterocycles. The first kappa shape index (κ1) is 23.8. The molecule has 0 unspecified atom stereocenters. The summed E-state index contributed by atoms with van der Waals surface area (Å²) in [7, 11) is 0. The number of ether oxygens (including phenoxy) is 1. The van der Waals surface area contributed by atoms with Gasteiger partial charge in [-0.1, -0.05) is 36.8 Å². The maximum atomic E-state index is 9.83. The largest absolute Gasteiger partial charge is 0.378 e. The minimum atomic E-state index is -0.954. The van der Waals surface area contributed by atoms with Gasteiger partial charge < -0.3 is 14.7 Å². The second-order valence-electron chi connectivity index (χ2n) is 10.8. The van der Waals surface area contributed by atoms with Gasteiger partial charge in [0.05, 0.1) is 6.10 Å². The Hall–Kier alpha value is -1.38. The van der Waals surface area contributed by atoms with Crippen LogP contribution in [0.3, 0.4) is 0 Å². The summed E-state index contributed by atoms with van der Waals surface area (Å²) in [6.07, 6.45) is 11.2. The molecular formula is C28H42N2O2. The zero-order valence-corrected chi connectivity index (χ0v) is 20.2.